The predicted octanol–water partition coefficient (Wildman–Crippen LogP) is 3.12. The third-order valence-corrected chi connectivity index (χ3v) is 2.48. The lowest BCUT2D eigenvalue weighted by molar-refractivity contribution is 0.523. The van der Waals surface area contributed by atoms with Gasteiger partial charge in [-0.1, -0.05) is 31.4 Å². The lowest BCUT2D eigenvalue weighted by atomic mass is 10.1. The van der Waals surface area contributed by atoms with Crippen LogP contribution in [0.5, 0.6) is 0 Å². The molecule has 0 aromatic rings. The van der Waals surface area contributed by atoms with E-state index in [1.165, 1.54) is 31.3 Å². The largest absolute Gasteiger partial charge is 0.311 e. The molecule has 1 N–H and O–H groups in total. The lowest BCUT2D eigenvalue weighted by Gasteiger charge is -2.14. The maximum Gasteiger partial charge on any atom is 0.0255 e. The molecule has 0 aromatic heterocycles. The van der Waals surface area contributed by atoms with Crippen molar-refractivity contribution in [1.29, 1.82) is 0 Å². The van der Waals surface area contributed by atoms with Gasteiger partial charge in [-0.2, -0.15) is 0 Å². The topological polar surface area (TPSA) is 12.0 Å². The van der Waals surface area contributed by atoms with Crippen LogP contribution in [0.1, 0.15) is 46.5 Å². The predicted molar refractivity (Wildman–Crippen MR) is 58.9 cm³/mol. The zero-order chi connectivity index (χ0) is 9.68. The Kier molecular flexibility index (Phi) is 4.51. The highest BCUT2D eigenvalue weighted by molar-refractivity contribution is 5.02. The van der Waals surface area contributed by atoms with Gasteiger partial charge in [0.25, 0.3) is 0 Å². The van der Waals surface area contributed by atoms with Crippen molar-refractivity contribution in [2.75, 3.05) is 6.54 Å². The maximum absolute atomic E-state index is 3.60. The summed E-state index contributed by atoms with van der Waals surface area (Å²) in [6, 6.07) is 0.637. The van der Waals surface area contributed by atoms with E-state index in [0.29, 0.717) is 6.04 Å². The summed E-state index contributed by atoms with van der Waals surface area (Å²) in [4.78, 5) is 0. The van der Waals surface area contributed by atoms with Crippen LogP contribution in [0.3, 0.4) is 0 Å². The Balaban J connectivity index is 2.28. The molecule has 0 aromatic carbocycles. The third-order valence-electron chi connectivity index (χ3n) is 2.48. The van der Waals surface area contributed by atoms with Crippen LogP contribution in [-0.2, 0) is 0 Å². The van der Waals surface area contributed by atoms with E-state index in [-0.39, 0.29) is 0 Å². The van der Waals surface area contributed by atoms with Crippen LogP contribution >= 0.6 is 0 Å². The zero-order valence-corrected chi connectivity index (χ0v) is 9.27. The van der Waals surface area contributed by atoms with Crippen LogP contribution in [0.25, 0.3) is 0 Å². The van der Waals surface area contributed by atoms with Gasteiger partial charge in [0.1, 0.15) is 0 Å². The monoisotopic (exact) mass is 181 g/mol. The molecule has 1 atom stereocenters. The van der Waals surface area contributed by atoms with Gasteiger partial charge in [0.2, 0.25) is 0 Å². The number of allylic oxidation sites excluding steroid dienone is 1. The Morgan fingerprint density at radius 1 is 1.46 bits per heavy atom. The quantitative estimate of drug-likeness (QED) is 0.621. The molecular formula is C12H23N. The molecule has 0 bridgehead atoms. The van der Waals surface area contributed by atoms with Gasteiger partial charge in [0, 0.05) is 6.04 Å². The van der Waals surface area contributed by atoms with Gasteiger partial charge in [0.15, 0.2) is 0 Å². The fourth-order valence-corrected chi connectivity index (χ4v) is 1.66. The second kappa shape index (κ2) is 5.43. The first-order valence-electron chi connectivity index (χ1n) is 5.60. The molecule has 1 fully saturated rings. The van der Waals surface area contributed by atoms with Gasteiger partial charge in [0.05, 0.1) is 0 Å². The molecule has 1 nitrogen and oxygen atoms in total. The van der Waals surface area contributed by atoms with Crippen LogP contribution in [0.2, 0.25) is 0 Å². The second-order valence-corrected chi connectivity index (χ2v) is 4.48. The van der Waals surface area contributed by atoms with Gasteiger partial charge in [-0.05, 0) is 39.2 Å². The number of hydrogen-bond donors (Lipinski definition) is 1. The van der Waals surface area contributed by atoms with Crippen molar-refractivity contribution in [3.05, 3.63) is 11.6 Å². The minimum Gasteiger partial charge on any atom is -0.311 e. The van der Waals surface area contributed by atoms with Crippen molar-refractivity contribution in [1.82, 2.24) is 5.32 Å². The molecule has 1 rings (SSSR count). The summed E-state index contributed by atoms with van der Waals surface area (Å²) in [6.07, 6.45) is 7.89. The molecule has 0 radical (unpaired) electrons. The van der Waals surface area contributed by atoms with Crippen molar-refractivity contribution >= 4 is 0 Å². The molecule has 1 heteroatoms. The highest BCUT2D eigenvalue weighted by Crippen LogP contribution is 2.33. The molecule has 1 aliphatic rings. The van der Waals surface area contributed by atoms with E-state index in [0.717, 1.165) is 12.5 Å². The number of hydrogen-bond acceptors (Lipinski definition) is 1. The number of rotatable bonds is 6. The summed E-state index contributed by atoms with van der Waals surface area (Å²) >= 11 is 0. The van der Waals surface area contributed by atoms with Crippen LogP contribution < -0.4 is 5.32 Å². The van der Waals surface area contributed by atoms with Gasteiger partial charge in [-0.25, -0.2) is 0 Å². The summed E-state index contributed by atoms with van der Waals surface area (Å²) in [5, 5.41) is 3.60. The summed E-state index contributed by atoms with van der Waals surface area (Å²) in [5.74, 6) is 1.02. The van der Waals surface area contributed by atoms with Gasteiger partial charge < -0.3 is 5.32 Å². The van der Waals surface area contributed by atoms with Crippen molar-refractivity contribution in [2.24, 2.45) is 5.92 Å². The van der Waals surface area contributed by atoms with E-state index < -0.39 is 0 Å². The fourth-order valence-electron chi connectivity index (χ4n) is 1.66. The minimum absolute atomic E-state index is 0.637. The van der Waals surface area contributed by atoms with E-state index in [1.807, 2.05) is 0 Å². The first-order valence-corrected chi connectivity index (χ1v) is 5.60. The second-order valence-electron chi connectivity index (χ2n) is 4.48. The molecule has 0 aliphatic heterocycles. The van der Waals surface area contributed by atoms with E-state index in [1.54, 1.807) is 0 Å². The maximum atomic E-state index is 3.60. The highest BCUT2D eigenvalue weighted by Gasteiger charge is 2.23. The van der Waals surface area contributed by atoms with Gasteiger partial charge in [-0.15, -0.1) is 0 Å². The van der Waals surface area contributed by atoms with Gasteiger partial charge in [-0.3, -0.25) is 0 Å². The van der Waals surface area contributed by atoms with E-state index in [2.05, 4.69) is 32.2 Å². The molecule has 0 saturated heterocycles. The molecule has 0 heterocycles. The smallest absolute Gasteiger partial charge is 0.0255 e. The Hall–Kier alpha value is -0.300. The Morgan fingerprint density at radius 3 is 2.62 bits per heavy atom. The first kappa shape index (κ1) is 10.8. The molecule has 13 heavy (non-hydrogen) atoms. The molecular weight excluding hydrogens is 158 g/mol. The van der Waals surface area contributed by atoms with Crippen molar-refractivity contribution in [2.45, 2.75) is 52.5 Å². The van der Waals surface area contributed by atoms with E-state index in [9.17, 15) is 0 Å². The molecule has 76 valence electrons. The van der Waals surface area contributed by atoms with Crippen LogP contribution in [-0.4, -0.2) is 12.6 Å². The fraction of sp³-hybridized carbons (Fsp3) is 0.833. The normalized spacial score (nSPS) is 18.4. The summed E-state index contributed by atoms with van der Waals surface area (Å²) in [5.41, 5.74) is 1.44. The third kappa shape index (κ3) is 5.09. The van der Waals surface area contributed by atoms with E-state index in [4.69, 9.17) is 0 Å². The van der Waals surface area contributed by atoms with Gasteiger partial charge >= 0.3 is 0 Å². The average Bonchev–Trinajstić information content (AvgIpc) is 2.83. The summed E-state index contributed by atoms with van der Waals surface area (Å²) in [7, 11) is 0. The molecule has 1 unspecified atom stereocenters. The van der Waals surface area contributed by atoms with Crippen LogP contribution in [0, 0.1) is 5.92 Å². The average molecular weight is 181 g/mol. The van der Waals surface area contributed by atoms with Crippen LogP contribution in [0.4, 0.5) is 0 Å². The van der Waals surface area contributed by atoms with Crippen LogP contribution in [0.15, 0.2) is 11.6 Å². The Bertz CT molecular complexity index is 164. The SMILES string of the molecule is CCCNC(C=C(C)C)CC1CC1. The minimum atomic E-state index is 0.637. The molecule has 1 aliphatic carbocycles. The Labute approximate surface area is 82.6 Å². The van der Waals surface area contributed by atoms with Crippen molar-refractivity contribution in [3.8, 4) is 0 Å². The molecule has 0 amide bonds. The molecule has 0 spiro atoms. The summed E-state index contributed by atoms with van der Waals surface area (Å²) < 4.78 is 0. The first-order chi connectivity index (χ1) is 6.22. The van der Waals surface area contributed by atoms with E-state index >= 15 is 0 Å². The van der Waals surface area contributed by atoms with Crippen molar-refractivity contribution in [3.63, 3.8) is 0 Å². The number of nitrogens with one attached hydrogen (secondary N) is 1. The molecule has 1 saturated carbocycles. The Morgan fingerprint density at radius 2 is 2.15 bits per heavy atom. The highest BCUT2D eigenvalue weighted by atomic mass is 14.9. The summed E-state index contributed by atoms with van der Waals surface area (Å²) in [6.45, 7) is 7.76. The zero-order valence-electron chi connectivity index (χ0n) is 9.27. The standard InChI is InChI=1S/C12H23N/c1-4-7-13-12(8-10(2)3)9-11-5-6-11/h8,11-13H,4-7,9H2,1-3H3. The lowest BCUT2D eigenvalue weighted by Crippen LogP contribution is -2.28. The van der Waals surface area contributed by atoms with Crippen molar-refractivity contribution < 1.29 is 0 Å².